The first-order valence-corrected chi connectivity index (χ1v) is 8.01. The number of benzene rings is 2. The van der Waals surface area contributed by atoms with E-state index in [0.29, 0.717) is 12.4 Å². The van der Waals surface area contributed by atoms with Crippen LogP contribution >= 0.6 is 0 Å². The largest absolute Gasteiger partial charge is 0.491 e. The molecule has 5 nitrogen and oxygen atoms in total. The highest BCUT2D eigenvalue weighted by Gasteiger charge is 2.14. The van der Waals surface area contributed by atoms with Crippen LogP contribution in [0.4, 0.5) is 0 Å². The minimum absolute atomic E-state index is 0.167. The second-order valence-electron chi connectivity index (χ2n) is 6.07. The maximum atomic E-state index is 10.3. The number of imidazole rings is 1. The number of aromatic nitrogens is 2. The zero-order chi connectivity index (χ0) is 17.1. The average molecular weight is 326 g/mol. The van der Waals surface area contributed by atoms with Gasteiger partial charge in [-0.15, -0.1) is 0 Å². The molecule has 3 rings (SSSR count). The fraction of sp³-hybridized carbons (Fsp3) is 0.316. The summed E-state index contributed by atoms with van der Waals surface area (Å²) in [7, 11) is 0. The number of ether oxygens (including phenoxy) is 1. The smallest absolute Gasteiger partial charge is 0.135 e. The number of hydrogen-bond acceptors (Lipinski definition) is 4. The minimum atomic E-state index is -0.700. The lowest BCUT2D eigenvalue weighted by molar-refractivity contribution is 0.0914. The second-order valence-corrected chi connectivity index (χ2v) is 6.07. The Morgan fingerprint density at radius 2 is 1.83 bits per heavy atom. The first-order chi connectivity index (χ1) is 11.6. The number of nitrogens with zero attached hydrogens (tertiary/aromatic N) is 2. The van der Waals surface area contributed by atoms with Crippen LogP contribution in [0.25, 0.3) is 11.0 Å². The van der Waals surface area contributed by atoms with Gasteiger partial charge in [-0.2, -0.15) is 0 Å². The van der Waals surface area contributed by atoms with Crippen molar-refractivity contribution in [3.05, 3.63) is 59.4 Å². The maximum absolute atomic E-state index is 10.3. The zero-order valence-corrected chi connectivity index (χ0v) is 13.9. The van der Waals surface area contributed by atoms with Gasteiger partial charge in [-0.25, -0.2) is 4.98 Å². The van der Waals surface area contributed by atoms with E-state index in [0.717, 1.165) is 27.9 Å². The number of para-hydroxylation sites is 2. The quantitative estimate of drug-likeness (QED) is 0.731. The molecule has 0 fully saturated rings. The molecule has 1 heterocycles. The van der Waals surface area contributed by atoms with Crippen LogP contribution in [0.15, 0.2) is 42.5 Å². The van der Waals surface area contributed by atoms with Crippen LogP contribution in [0.2, 0.25) is 0 Å². The second kappa shape index (κ2) is 7.03. The molecule has 0 saturated carbocycles. The van der Waals surface area contributed by atoms with Gasteiger partial charge in [0.2, 0.25) is 0 Å². The monoisotopic (exact) mass is 326 g/mol. The third-order valence-corrected chi connectivity index (χ3v) is 3.91. The average Bonchev–Trinajstić information content (AvgIpc) is 2.90. The van der Waals surface area contributed by atoms with Crippen molar-refractivity contribution in [3.8, 4) is 5.75 Å². The highest BCUT2D eigenvalue weighted by molar-refractivity contribution is 5.75. The Labute approximate surface area is 141 Å². The highest BCUT2D eigenvalue weighted by Crippen LogP contribution is 2.18. The van der Waals surface area contributed by atoms with Crippen molar-refractivity contribution < 1.29 is 14.9 Å². The molecule has 3 aromatic rings. The number of hydrogen-bond donors (Lipinski definition) is 2. The summed E-state index contributed by atoms with van der Waals surface area (Å²) in [4.78, 5) is 4.39. The van der Waals surface area contributed by atoms with Crippen LogP contribution in [0.5, 0.6) is 5.75 Å². The van der Waals surface area contributed by atoms with Crippen molar-refractivity contribution in [1.29, 1.82) is 0 Å². The topological polar surface area (TPSA) is 67.5 Å². The Balaban J connectivity index is 1.72. The van der Waals surface area contributed by atoms with Crippen LogP contribution in [-0.2, 0) is 13.2 Å². The summed E-state index contributed by atoms with van der Waals surface area (Å²) in [6, 6.07) is 13.6. The van der Waals surface area contributed by atoms with Crippen molar-refractivity contribution in [2.45, 2.75) is 33.1 Å². The molecule has 0 aliphatic carbocycles. The predicted octanol–water partition coefficient (Wildman–Crippen LogP) is 2.59. The lowest BCUT2D eigenvalue weighted by atomic mass is 10.1. The third-order valence-electron chi connectivity index (χ3n) is 3.91. The molecule has 2 N–H and O–H groups in total. The van der Waals surface area contributed by atoms with E-state index in [1.807, 2.05) is 54.8 Å². The fourth-order valence-corrected chi connectivity index (χ4v) is 2.92. The number of aryl methyl sites for hydroxylation is 2. The van der Waals surface area contributed by atoms with Gasteiger partial charge in [0.15, 0.2) is 0 Å². The summed E-state index contributed by atoms with van der Waals surface area (Å²) in [6.45, 7) is 4.36. The van der Waals surface area contributed by atoms with Crippen LogP contribution in [0.3, 0.4) is 0 Å². The summed E-state index contributed by atoms with van der Waals surface area (Å²) < 4.78 is 7.56. The van der Waals surface area contributed by atoms with Crippen LogP contribution in [0.1, 0.15) is 17.0 Å². The molecule has 0 amide bonds. The number of rotatable bonds is 6. The van der Waals surface area contributed by atoms with Crippen molar-refractivity contribution in [2.75, 3.05) is 6.61 Å². The molecule has 0 spiro atoms. The molecule has 0 bridgehead atoms. The van der Waals surface area contributed by atoms with Gasteiger partial charge >= 0.3 is 0 Å². The first kappa shape index (κ1) is 16.5. The van der Waals surface area contributed by atoms with Gasteiger partial charge in [-0.1, -0.05) is 18.2 Å². The lowest BCUT2D eigenvalue weighted by Gasteiger charge is -2.15. The third kappa shape index (κ3) is 3.58. The standard InChI is InChI=1S/C19H22N2O3/c1-13-7-14(2)9-16(8-13)24-12-15(23)10-21-18-6-4-3-5-17(18)20-19(21)11-22/h3-9,15,22-23H,10-12H2,1-2H3/t15-/m1/s1. The van der Waals surface area contributed by atoms with Gasteiger partial charge in [0.05, 0.1) is 17.6 Å². The number of aliphatic hydroxyl groups is 2. The summed E-state index contributed by atoms with van der Waals surface area (Å²) in [5, 5.41) is 19.9. The molecule has 1 aromatic heterocycles. The van der Waals surface area contributed by atoms with Crippen LogP contribution < -0.4 is 4.74 Å². The molecule has 126 valence electrons. The summed E-state index contributed by atoms with van der Waals surface area (Å²) in [6.07, 6.45) is -0.700. The molecule has 5 heteroatoms. The molecular formula is C19H22N2O3. The van der Waals surface area contributed by atoms with Crippen LogP contribution in [0, 0.1) is 13.8 Å². The lowest BCUT2D eigenvalue weighted by Crippen LogP contribution is -2.24. The molecule has 0 aliphatic rings. The Morgan fingerprint density at radius 1 is 1.12 bits per heavy atom. The van der Waals surface area contributed by atoms with Gasteiger partial charge in [0, 0.05) is 0 Å². The van der Waals surface area contributed by atoms with Gasteiger partial charge < -0.3 is 19.5 Å². The van der Waals surface area contributed by atoms with E-state index in [1.54, 1.807) is 0 Å². The van der Waals surface area contributed by atoms with E-state index in [2.05, 4.69) is 11.1 Å². The Morgan fingerprint density at radius 3 is 2.54 bits per heavy atom. The van der Waals surface area contributed by atoms with Crippen LogP contribution in [-0.4, -0.2) is 32.5 Å². The predicted molar refractivity (Wildman–Crippen MR) is 93.1 cm³/mol. The van der Waals surface area contributed by atoms with E-state index in [1.165, 1.54) is 0 Å². The Bertz CT molecular complexity index is 821. The maximum Gasteiger partial charge on any atom is 0.135 e. The number of aliphatic hydroxyl groups excluding tert-OH is 2. The van der Waals surface area contributed by atoms with E-state index < -0.39 is 6.10 Å². The molecule has 2 aromatic carbocycles. The van der Waals surface area contributed by atoms with Gasteiger partial charge in [0.25, 0.3) is 0 Å². The normalized spacial score (nSPS) is 12.5. The van der Waals surface area contributed by atoms with E-state index in [9.17, 15) is 10.2 Å². The summed E-state index contributed by atoms with van der Waals surface area (Å²) >= 11 is 0. The minimum Gasteiger partial charge on any atom is -0.491 e. The molecule has 0 radical (unpaired) electrons. The van der Waals surface area contributed by atoms with E-state index >= 15 is 0 Å². The van der Waals surface area contributed by atoms with Gasteiger partial charge in [0.1, 0.15) is 30.9 Å². The van der Waals surface area contributed by atoms with Crippen molar-refractivity contribution in [3.63, 3.8) is 0 Å². The van der Waals surface area contributed by atoms with Crippen molar-refractivity contribution in [1.82, 2.24) is 9.55 Å². The molecule has 0 saturated heterocycles. The fourth-order valence-electron chi connectivity index (χ4n) is 2.92. The van der Waals surface area contributed by atoms with Gasteiger partial charge in [-0.3, -0.25) is 0 Å². The summed E-state index contributed by atoms with van der Waals surface area (Å²) in [5.41, 5.74) is 3.96. The molecule has 0 unspecified atom stereocenters. The first-order valence-electron chi connectivity index (χ1n) is 8.01. The Kier molecular flexibility index (Phi) is 4.83. The Hall–Kier alpha value is -2.37. The SMILES string of the molecule is Cc1cc(C)cc(OC[C@H](O)Cn2c(CO)nc3ccccc32)c1. The molecular weight excluding hydrogens is 304 g/mol. The van der Waals surface area contributed by atoms with Gasteiger partial charge in [-0.05, 0) is 49.2 Å². The van der Waals surface area contributed by atoms with Crippen molar-refractivity contribution >= 4 is 11.0 Å². The molecule has 0 aliphatic heterocycles. The van der Waals surface area contributed by atoms with Crippen molar-refractivity contribution in [2.24, 2.45) is 0 Å². The molecule has 1 atom stereocenters. The number of fused-ring (bicyclic) bond motifs is 1. The highest BCUT2D eigenvalue weighted by atomic mass is 16.5. The van der Waals surface area contributed by atoms with E-state index in [-0.39, 0.29) is 13.2 Å². The van der Waals surface area contributed by atoms with E-state index in [4.69, 9.17) is 4.74 Å². The molecule has 24 heavy (non-hydrogen) atoms. The summed E-state index contributed by atoms with van der Waals surface area (Å²) in [5.74, 6) is 1.30. The zero-order valence-electron chi connectivity index (χ0n) is 13.9.